The molecule has 1 N–H and O–H groups in total. The monoisotopic (exact) mass is 327 g/mol. The van der Waals surface area contributed by atoms with Crippen molar-refractivity contribution in [3.8, 4) is 0 Å². The molecule has 0 spiro atoms. The molecule has 0 saturated heterocycles. The molecule has 1 aromatic carbocycles. The standard InChI is InChI=1S/C20H29N3O/c1-14(2)20(24)23(15(3)4)12-6-10-21-18-9-11-22-19-13-16(5)7-8-17(18)19/h7-9,11,13-15H,6,10,12H2,1-5H3,(H,21,22). The van der Waals surface area contributed by atoms with Crippen LogP contribution in [0.1, 0.15) is 39.7 Å². The third-order valence-electron chi connectivity index (χ3n) is 4.19. The summed E-state index contributed by atoms with van der Waals surface area (Å²) in [4.78, 5) is 18.7. The van der Waals surface area contributed by atoms with Crippen molar-refractivity contribution in [2.24, 2.45) is 5.92 Å². The molecular formula is C20H29N3O. The Morgan fingerprint density at radius 1 is 1.21 bits per heavy atom. The zero-order valence-electron chi connectivity index (χ0n) is 15.5. The zero-order chi connectivity index (χ0) is 17.7. The summed E-state index contributed by atoms with van der Waals surface area (Å²) in [6.45, 7) is 11.8. The minimum atomic E-state index is 0.0488. The van der Waals surface area contributed by atoms with Crippen LogP contribution in [0.4, 0.5) is 5.69 Å². The van der Waals surface area contributed by atoms with Gasteiger partial charge in [-0.05, 0) is 44.9 Å². The molecule has 0 bridgehead atoms. The molecule has 130 valence electrons. The quantitative estimate of drug-likeness (QED) is 0.774. The normalized spacial score (nSPS) is 11.3. The third kappa shape index (κ3) is 4.47. The summed E-state index contributed by atoms with van der Waals surface area (Å²) >= 11 is 0. The van der Waals surface area contributed by atoms with Crippen molar-refractivity contribution in [1.82, 2.24) is 9.88 Å². The fourth-order valence-electron chi connectivity index (χ4n) is 2.84. The van der Waals surface area contributed by atoms with Crippen molar-refractivity contribution in [2.75, 3.05) is 18.4 Å². The van der Waals surface area contributed by atoms with Crippen molar-refractivity contribution in [2.45, 2.75) is 47.1 Å². The van der Waals surface area contributed by atoms with Gasteiger partial charge in [0, 0.05) is 42.3 Å². The maximum atomic E-state index is 12.3. The molecule has 1 amide bonds. The highest BCUT2D eigenvalue weighted by Crippen LogP contribution is 2.22. The number of nitrogens with one attached hydrogen (secondary N) is 1. The Labute approximate surface area is 145 Å². The molecule has 0 fully saturated rings. The van der Waals surface area contributed by atoms with Crippen LogP contribution in [0.25, 0.3) is 10.9 Å². The molecule has 0 radical (unpaired) electrons. The molecule has 0 atom stereocenters. The highest BCUT2D eigenvalue weighted by atomic mass is 16.2. The van der Waals surface area contributed by atoms with Crippen LogP contribution in [-0.4, -0.2) is 34.9 Å². The first-order chi connectivity index (χ1) is 11.4. The van der Waals surface area contributed by atoms with Gasteiger partial charge in [-0.2, -0.15) is 0 Å². The van der Waals surface area contributed by atoms with Crippen molar-refractivity contribution in [3.05, 3.63) is 36.0 Å². The number of carbonyl (C=O) groups excluding carboxylic acids is 1. The second-order valence-corrected chi connectivity index (χ2v) is 6.94. The smallest absolute Gasteiger partial charge is 0.225 e. The summed E-state index contributed by atoms with van der Waals surface area (Å²) < 4.78 is 0. The number of carbonyl (C=O) groups is 1. The average Bonchev–Trinajstić information content (AvgIpc) is 2.53. The van der Waals surface area contributed by atoms with Crippen molar-refractivity contribution >= 4 is 22.5 Å². The SMILES string of the molecule is Cc1ccc2c(NCCCN(C(=O)C(C)C)C(C)C)ccnc2c1. The Hall–Kier alpha value is -2.10. The lowest BCUT2D eigenvalue weighted by atomic mass is 10.1. The van der Waals surface area contributed by atoms with E-state index >= 15 is 0 Å². The number of aromatic nitrogens is 1. The number of aryl methyl sites for hydroxylation is 1. The first kappa shape index (κ1) is 18.2. The number of hydrogen-bond acceptors (Lipinski definition) is 3. The van der Waals surface area contributed by atoms with Crippen LogP contribution in [0, 0.1) is 12.8 Å². The Morgan fingerprint density at radius 3 is 2.62 bits per heavy atom. The van der Waals surface area contributed by atoms with Crippen LogP contribution in [0.15, 0.2) is 30.5 Å². The lowest BCUT2D eigenvalue weighted by molar-refractivity contribution is -0.136. The van der Waals surface area contributed by atoms with Crippen LogP contribution in [0.3, 0.4) is 0 Å². The molecule has 4 heteroatoms. The fourth-order valence-corrected chi connectivity index (χ4v) is 2.84. The summed E-state index contributed by atoms with van der Waals surface area (Å²) in [5, 5.41) is 4.63. The number of fused-ring (bicyclic) bond motifs is 1. The van der Waals surface area contributed by atoms with Gasteiger partial charge in [0.1, 0.15) is 0 Å². The zero-order valence-corrected chi connectivity index (χ0v) is 15.5. The fraction of sp³-hybridized carbons (Fsp3) is 0.500. The van der Waals surface area contributed by atoms with Crippen molar-refractivity contribution < 1.29 is 4.79 Å². The minimum absolute atomic E-state index is 0.0488. The summed E-state index contributed by atoms with van der Waals surface area (Å²) in [5.41, 5.74) is 3.33. The van der Waals surface area contributed by atoms with Gasteiger partial charge in [0.25, 0.3) is 0 Å². The lowest BCUT2D eigenvalue weighted by Gasteiger charge is -2.28. The molecule has 2 rings (SSSR count). The van der Waals surface area contributed by atoms with Crippen molar-refractivity contribution in [1.29, 1.82) is 0 Å². The number of amides is 1. The van der Waals surface area contributed by atoms with Crippen LogP contribution < -0.4 is 5.32 Å². The molecular weight excluding hydrogens is 298 g/mol. The average molecular weight is 327 g/mol. The van der Waals surface area contributed by atoms with E-state index in [1.165, 1.54) is 5.56 Å². The lowest BCUT2D eigenvalue weighted by Crippen LogP contribution is -2.40. The van der Waals surface area contributed by atoms with Gasteiger partial charge in [0.2, 0.25) is 5.91 Å². The van der Waals surface area contributed by atoms with Gasteiger partial charge in [-0.25, -0.2) is 0 Å². The predicted octanol–water partition coefficient (Wildman–Crippen LogP) is 4.24. The van der Waals surface area contributed by atoms with Crippen LogP contribution in [0.5, 0.6) is 0 Å². The van der Waals surface area contributed by atoms with Gasteiger partial charge in [-0.15, -0.1) is 0 Å². The first-order valence-corrected chi connectivity index (χ1v) is 8.80. The van der Waals surface area contributed by atoms with E-state index in [2.05, 4.69) is 49.3 Å². The third-order valence-corrected chi connectivity index (χ3v) is 4.19. The summed E-state index contributed by atoms with van der Waals surface area (Å²) in [7, 11) is 0. The van der Waals surface area contributed by atoms with E-state index in [0.29, 0.717) is 0 Å². The van der Waals surface area contributed by atoms with Gasteiger partial charge in [-0.3, -0.25) is 9.78 Å². The van der Waals surface area contributed by atoms with Crippen LogP contribution in [0.2, 0.25) is 0 Å². The maximum Gasteiger partial charge on any atom is 0.225 e. The Morgan fingerprint density at radius 2 is 1.96 bits per heavy atom. The molecule has 0 unspecified atom stereocenters. The van der Waals surface area contributed by atoms with Gasteiger partial charge in [0.15, 0.2) is 0 Å². The van der Waals surface area contributed by atoms with Gasteiger partial charge in [0.05, 0.1) is 5.52 Å². The molecule has 0 aliphatic heterocycles. The van der Waals surface area contributed by atoms with E-state index in [1.807, 2.05) is 31.0 Å². The molecule has 0 aliphatic rings. The number of hydrogen-bond donors (Lipinski definition) is 1. The van der Waals surface area contributed by atoms with E-state index in [-0.39, 0.29) is 17.9 Å². The number of rotatable bonds is 7. The topological polar surface area (TPSA) is 45.2 Å². The number of nitrogens with zero attached hydrogens (tertiary/aromatic N) is 2. The summed E-state index contributed by atoms with van der Waals surface area (Å²) in [5.74, 6) is 0.280. The van der Waals surface area contributed by atoms with E-state index in [1.54, 1.807) is 0 Å². The first-order valence-electron chi connectivity index (χ1n) is 8.80. The van der Waals surface area contributed by atoms with Gasteiger partial charge in [-0.1, -0.05) is 26.0 Å². The summed E-state index contributed by atoms with van der Waals surface area (Å²) in [6, 6.07) is 8.57. The van der Waals surface area contributed by atoms with Crippen molar-refractivity contribution in [3.63, 3.8) is 0 Å². The summed E-state index contributed by atoms with van der Waals surface area (Å²) in [6.07, 6.45) is 2.76. The molecule has 1 heterocycles. The molecule has 2 aromatic rings. The molecule has 1 aromatic heterocycles. The second-order valence-electron chi connectivity index (χ2n) is 6.94. The Bertz CT molecular complexity index is 694. The van der Waals surface area contributed by atoms with E-state index in [4.69, 9.17) is 0 Å². The van der Waals surface area contributed by atoms with Gasteiger partial charge < -0.3 is 10.2 Å². The second kappa shape index (κ2) is 8.13. The Balaban J connectivity index is 1.96. The minimum Gasteiger partial charge on any atom is -0.384 e. The van der Waals surface area contributed by atoms with E-state index < -0.39 is 0 Å². The molecule has 4 nitrogen and oxygen atoms in total. The number of anilines is 1. The number of pyridine rings is 1. The molecule has 24 heavy (non-hydrogen) atoms. The Kier molecular flexibility index (Phi) is 6.18. The highest BCUT2D eigenvalue weighted by Gasteiger charge is 2.19. The molecule has 0 saturated carbocycles. The van der Waals surface area contributed by atoms with Gasteiger partial charge >= 0.3 is 0 Å². The maximum absolute atomic E-state index is 12.3. The van der Waals surface area contributed by atoms with Crippen LogP contribution >= 0.6 is 0 Å². The number of benzene rings is 1. The van der Waals surface area contributed by atoms with E-state index in [0.717, 1.165) is 36.1 Å². The van der Waals surface area contributed by atoms with E-state index in [9.17, 15) is 4.79 Å². The largest absolute Gasteiger partial charge is 0.384 e. The highest BCUT2D eigenvalue weighted by molar-refractivity contribution is 5.91. The van der Waals surface area contributed by atoms with Crippen LogP contribution in [-0.2, 0) is 4.79 Å². The predicted molar refractivity (Wildman–Crippen MR) is 101 cm³/mol. The molecule has 0 aliphatic carbocycles.